The molecule has 1 aliphatic heterocycles. The van der Waals surface area contributed by atoms with Crippen LogP contribution < -0.4 is 5.32 Å². The molecular formula is C23H28N2O2. The highest BCUT2D eigenvalue weighted by Crippen LogP contribution is 2.25. The number of nitrogens with zero attached hydrogens (tertiary/aromatic N) is 1. The summed E-state index contributed by atoms with van der Waals surface area (Å²) < 4.78 is 0. The van der Waals surface area contributed by atoms with Gasteiger partial charge in [0.1, 0.15) is 0 Å². The van der Waals surface area contributed by atoms with Crippen molar-refractivity contribution in [2.24, 2.45) is 0 Å². The molecule has 0 fully saturated rings. The lowest BCUT2D eigenvalue weighted by molar-refractivity contribution is -0.131. The van der Waals surface area contributed by atoms with Crippen LogP contribution in [0.2, 0.25) is 0 Å². The molecular weight excluding hydrogens is 336 g/mol. The van der Waals surface area contributed by atoms with Crippen molar-refractivity contribution >= 4 is 17.5 Å². The second-order valence-electron chi connectivity index (χ2n) is 8.18. The van der Waals surface area contributed by atoms with Crippen molar-refractivity contribution in [2.75, 3.05) is 11.9 Å². The highest BCUT2D eigenvalue weighted by Gasteiger charge is 2.20. The SMILES string of the molecule is CCC(=O)N1CCc2ccc(NC(=O)c3ccc(C(C)(C)C)cc3)cc2C1. The number of carbonyl (C=O) groups excluding carboxylic acids is 2. The van der Waals surface area contributed by atoms with E-state index in [9.17, 15) is 9.59 Å². The van der Waals surface area contributed by atoms with E-state index in [0.717, 1.165) is 24.2 Å². The molecule has 2 amide bonds. The molecule has 0 atom stereocenters. The Morgan fingerprint density at radius 2 is 1.74 bits per heavy atom. The van der Waals surface area contributed by atoms with Crippen molar-refractivity contribution < 1.29 is 9.59 Å². The molecule has 0 aromatic heterocycles. The van der Waals surface area contributed by atoms with Crippen LogP contribution in [0.3, 0.4) is 0 Å². The molecule has 0 radical (unpaired) electrons. The molecule has 0 aliphatic carbocycles. The Kier molecular flexibility index (Phi) is 5.36. The first-order valence-corrected chi connectivity index (χ1v) is 9.59. The lowest BCUT2D eigenvalue weighted by atomic mass is 9.86. The van der Waals surface area contributed by atoms with Crippen molar-refractivity contribution in [1.29, 1.82) is 0 Å². The average molecular weight is 364 g/mol. The fraction of sp³-hybridized carbons (Fsp3) is 0.391. The number of anilines is 1. The van der Waals surface area contributed by atoms with Crippen LogP contribution in [-0.4, -0.2) is 23.3 Å². The summed E-state index contributed by atoms with van der Waals surface area (Å²) in [5.74, 6) is 0.0572. The minimum Gasteiger partial charge on any atom is -0.338 e. The summed E-state index contributed by atoms with van der Waals surface area (Å²) >= 11 is 0. The van der Waals surface area contributed by atoms with Gasteiger partial charge in [-0.1, -0.05) is 45.9 Å². The molecule has 3 rings (SSSR count). The zero-order chi connectivity index (χ0) is 19.6. The molecule has 0 spiro atoms. The van der Waals surface area contributed by atoms with E-state index in [0.29, 0.717) is 18.5 Å². The smallest absolute Gasteiger partial charge is 0.255 e. The topological polar surface area (TPSA) is 49.4 Å². The van der Waals surface area contributed by atoms with Crippen molar-refractivity contribution in [3.63, 3.8) is 0 Å². The third-order valence-corrected chi connectivity index (χ3v) is 5.14. The van der Waals surface area contributed by atoms with Crippen LogP contribution in [0.15, 0.2) is 42.5 Å². The number of fused-ring (bicyclic) bond motifs is 1. The standard InChI is InChI=1S/C23H28N2O2/c1-5-21(26)25-13-12-16-8-11-20(14-18(16)15-25)24-22(27)17-6-9-19(10-7-17)23(2,3)4/h6-11,14H,5,12-13,15H2,1-4H3,(H,24,27). The van der Waals surface area contributed by atoms with Gasteiger partial charge in [0.2, 0.25) is 5.91 Å². The summed E-state index contributed by atoms with van der Waals surface area (Å²) in [6, 6.07) is 13.8. The maximum Gasteiger partial charge on any atom is 0.255 e. The quantitative estimate of drug-likeness (QED) is 0.870. The lowest BCUT2D eigenvalue weighted by Gasteiger charge is -2.29. The molecule has 0 saturated heterocycles. The highest BCUT2D eigenvalue weighted by atomic mass is 16.2. The van der Waals surface area contributed by atoms with Crippen LogP contribution in [-0.2, 0) is 23.2 Å². The Hall–Kier alpha value is -2.62. The molecule has 2 aromatic carbocycles. The minimum absolute atomic E-state index is 0.0648. The first kappa shape index (κ1) is 19.2. The number of rotatable bonds is 3. The van der Waals surface area contributed by atoms with Gasteiger partial charge in [-0.25, -0.2) is 0 Å². The van der Waals surface area contributed by atoms with Crippen molar-refractivity contribution in [3.05, 3.63) is 64.7 Å². The predicted molar refractivity (Wildman–Crippen MR) is 109 cm³/mol. The number of hydrogen-bond acceptors (Lipinski definition) is 2. The fourth-order valence-corrected chi connectivity index (χ4v) is 3.40. The molecule has 0 bridgehead atoms. The number of carbonyl (C=O) groups is 2. The van der Waals surface area contributed by atoms with Crippen LogP contribution in [0.4, 0.5) is 5.69 Å². The Bertz CT molecular complexity index is 848. The van der Waals surface area contributed by atoms with Gasteiger partial charge >= 0.3 is 0 Å². The third-order valence-electron chi connectivity index (χ3n) is 5.14. The van der Waals surface area contributed by atoms with Gasteiger partial charge in [-0.15, -0.1) is 0 Å². The van der Waals surface area contributed by atoms with E-state index in [1.807, 2.05) is 48.2 Å². The minimum atomic E-state index is -0.118. The van der Waals surface area contributed by atoms with E-state index in [1.165, 1.54) is 11.1 Å². The molecule has 1 heterocycles. The van der Waals surface area contributed by atoms with Crippen molar-refractivity contribution in [2.45, 2.75) is 52.5 Å². The second-order valence-corrected chi connectivity index (χ2v) is 8.18. The van der Waals surface area contributed by atoms with Gasteiger partial charge in [-0.3, -0.25) is 9.59 Å². The largest absolute Gasteiger partial charge is 0.338 e. The van der Waals surface area contributed by atoms with E-state index in [2.05, 4.69) is 32.2 Å². The summed E-state index contributed by atoms with van der Waals surface area (Å²) in [5.41, 5.74) is 5.04. The summed E-state index contributed by atoms with van der Waals surface area (Å²) in [4.78, 5) is 26.5. The zero-order valence-corrected chi connectivity index (χ0v) is 16.6. The Morgan fingerprint density at radius 3 is 2.37 bits per heavy atom. The van der Waals surface area contributed by atoms with E-state index in [4.69, 9.17) is 0 Å². The Morgan fingerprint density at radius 1 is 1.04 bits per heavy atom. The zero-order valence-electron chi connectivity index (χ0n) is 16.6. The maximum atomic E-state index is 12.6. The van der Waals surface area contributed by atoms with E-state index in [-0.39, 0.29) is 17.2 Å². The molecule has 4 heteroatoms. The van der Waals surface area contributed by atoms with Crippen molar-refractivity contribution in [1.82, 2.24) is 4.90 Å². The van der Waals surface area contributed by atoms with Crippen molar-refractivity contribution in [3.8, 4) is 0 Å². The van der Waals surface area contributed by atoms with Crippen LogP contribution >= 0.6 is 0 Å². The van der Waals surface area contributed by atoms with Gasteiger partial charge in [0.15, 0.2) is 0 Å². The van der Waals surface area contributed by atoms with Gasteiger partial charge in [-0.05, 0) is 52.8 Å². The van der Waals surface area contributed by atoms with Crippen LogP contribution in [0.5, 0.6) is 0 Å². The summed E-state index contributed by atoms with van der Waals surface area (Å²) in [6.07, 6.45) is 1.39. The summed E-state index contributed by atoms with van der Waals surface area (Å²) in [7, 11) is 0. The lowest BCUT2D eigenvalue weighted by Crippen LogP contribution is -2.35. The van der Waals surface area contributed by atoms with E-state index < -0.39 is 0 Å². The van der Waals surface area contributed by atoms with Gasteiger partial charge in [0, 0.05) is 30.8 Å². The monoisotopic (exact) mass is 364 g/mol. The first-order chi connectivity index (χ1) is 12.8. The molecule has 0 saturated carbocycles. The summed E-state index contributed by atoms with van der Waals surface area (Å²) in [5, 5.41) is 2.98. The fourth-order valence-electron chi connectivity index (χ4n) is 3.40. The van der Waals surface area contributed by atoms with Crippen LogP contribution in [0.25, 0.3) is 0 Å². The first-order valence-electron chi connectivity index (χ1n) is 9.59. The third kappa shape index (κ3) is 4.38. The molecule has 2 aromatic rings. The molecule has 27 heavy (non-hydrogen) atoms. The normalized spacial score (nSPS) is 13.9. The molecule has 1 aliphatic rings. The number of hydrogen-bond donors (Lipinski definition) is 1. The predicted octanol–water partition coefficient (Wildman–Crippen LogP) is 4.53. The molecule has 1 N–H and O–H groups in total. The highest BCUT2D eigenvalue weighted by molar-refractivity contribution is 6.04. The van der Waals surface area contributed by atoms with E-state index in [1.54, 1.807) is 0 Å². The second kappa shape index (κ2) is 7.55. The maximum absolute atomic E-state index is 12.6. The molecule has 0 unspecified atom stereocenters. The van der Waals surface area contributed by atoms with Crippen LogP contribution in [0.1, 0.15) is 61.2 Å². The van der Waals surface area contributed by atoms with E-state index >= 15 is 0 Å². The number of amides is 2. The Labute approximate surface area is 161 Å². The average Bonchev–Trinajstić information content (AvgIpc) is 2.66. The molecule has 4 nitrogen and oxygen atoms in total. The number of benzene rings is 2. The van der Waals surface area contributed by atoms with Gasteiger partial charge < -0.3 is 10.2 Å². The van der Waals surface area contributed by atoms with Gasteiger partial charge in [0.25, 0.3) is 5.91 Å². The number of nitrogens with one attached hydrogen (secondary N) is 1. The van der Waals surface area contributed by atoms with Gasteiger partial charge in [-0.2, -0.15) is 0 Å². The Balaban J connectivity index is 1.73. The van der Waals surface area contributed by atoms with Crippen LogP contribution in [0, 0.1) is 0 Å². The summed E-state index contributed by atoms with van der Waals surface area (Å²) in [6.45, 7) is 9.74. The van der Waals surface area contributed by atoms with Gasteiger partial charge in [0.05, 0.1) is 0 Å². The molecule has 142 valence electrons.